The summed E-state index contributed by atoms with van der Waals surface area (Å²) in [5.41, 5.74) is 1.97. The molecule has 0 aliphatic carbocycles. The summed E-state index contributed by atoms with van der Waals surface area (Å²) in [7, 11) is -3.64. The molecule has 6 nitrogen and oxygen atoms in total. The van der Waals surface area contributed by atoms with E-state index >= 15 is 0 Å². The Hall–Kier alpha value is -2.38. The Bertz CT molecular complexity index is 934. The van der Waals surface area contributed by atoms with E-state index in [1.165, 1.54) is 16.4 Å². The molecule has 0 heterocycles. The number of anilines is 1. The quantitative estimate of drug-likeness (QED) is 0.651. The second-order valence-corrected chi connectivity index (χ2v) is 8.85. The average Bonchev–Trinajstić information content (AvgIpc) is 2.70. The first-order valence-corrected chi connectivity index (χ1v) is 11.4. The monoisotopic (exact) mass is 418 g/mol. The first-order chi connectivity index (χ1) is 13.7. The van der Waals surface area contributed by atoms with Gasteiger partial charge in [-0.1, -0.05) is 39.8 Å². The summed E-state index contributed by atoms with van der Waals surface area (Å²) in [6.45, 7) is 10.7. The van der Waals surface area contributed by atoms with Crippen molar-refractivity contribution in [2.45, 2.75) is 45.4 Å². The van der Waals surface area contributed by atoms with Gasteiger partial charge in [0, 0.05) is 18.7 Å². The van der Waals surface area contributed by atoms with E-state index in [9.17, 15) is 13.2 Å². The SMILES string of the molecule is CCOc1ccc(S(=O)(=O)N(CC)CC)cc1NC(=O)c1ccc(C(C)C)cc1. The molecule has 0 unspecified atom stereocenters. The van der Waals surface area contributed by atoms with Crippen LogP contribution in [-0.2, 0) is 10.0 Å². The van der Waals surface area contributed by atoms with Gasteiger partial charge in [0.1, 0.15) is 5.75 Å². The van der Waals surface area contributed by atoms with Crippen LogP contribution in [0.4, 0.5) is 5.69 Å². The fourth-order valence-corrected chi connectivity index (χ4v) is 4.46. The molecule has 0 saturated heterocycles. The van der Waals surface area contributed by atoms with Crippen LogP contribution in [0.1, 0.15) is 56.5 Å². The number of nitrogens with zero attached hydrogens (tertiary/aromatic N) is 1. The molecule has 0 fully saturated rings. The Morgan fingerprint density at radius 1 is 1.03 bits per heavy atom. The van der Waals surface area contributed by atoms with Crippen molar-refractivity contribution in [2.24, 2.45) is 0 Å². The Labute approximate surface area is 173 Å². The number of hydrogen-bond donors (Lipinski definition) is 1. The highest BCUT2D eigenvalue weighted by Crippen LogP contribution is 2.30. The maximum Gasteiger partial charge on any atom is 0.255 e. The van der Waals surface area contributed by atoms with E-state index in [1.807, 2.05) is 19.1 Å². The zero-order chi connectivity index (χ0) is 21.6. The topological polar surface area (TPSA) is 75.7 Å². The van der Waals surface area contributed by atoms with Crippen LogP contribution < -0.4 is 10.1 Å². The summed E-state index contributed by atoms with van der Waals surface area (Å²) in [6.07, 6.45) is 0. The summed E-state index contributed by atoms with van der Waals surface area (Å²) in [5, 5.41) is 2.80. The molecule has 2 rings (SSSR count). The van der Waals surface area contributed by atoms with Gasteiger partial charge < -0.3 is 10.1 Å². The minimum Gasteiger partial charge on any atom is -0.492 e. The third kappa shape index (κ3) is 5.36. The molecule has 2 aromatic carbocycles. The van der Waals surface area contributed by atoms with Crippen molar-refractivity contribution in [3.63, 3.8) is 0 Å². The van der Waals surface area contributed by atoms with Crippen molar-refractivity contribution in [3.05, 3.63) is 53.6 Å². The molecule has 1 N–H and O–H groups in total. The molecular weight excluding hydrogens is 388 g/mol. The van der Waals surface area contributed by atoms with E-state index < -0.39 is 10.0 Å². The summed E-state index contributed by atoms with van der Waals surface area (Å²) < 4.78 is 32.6. The van der Waals surface area contributed by atoms with Gasteiger partial charge in [0.2, 0.25) is 10.0 Å². The molecule has 29 heavy (non-hydrogen) atoms. The molecule has 0 atom stereocenters. The number of carbonyl (C=O) groups is 1. The number of benzene rings is 2. The molecule has 0 spiro atoms. The Kier molecular flexibility index (Phi) is 7.81. The van der Waals surface area contributed by atoms with Crippen molar-refractivity contribution in [3.8, 4) is 5.75 Å². The summed E-state index contributed by atoms with van der Waals surface area (Å²) >= 11 is 0. The molecule has 7 heteroatoms. The molecule has 0 radical (unpaired) electrons. The van der Waals surface area contributed by atoms with Crippen LogP contribution in [0.15, 0.2) is 47.4 Å². The number of sulfonamides is 1. The van der Waals surface area contributed by atoms with Crippen LogP contribution in [0.3, 0.4) is 0 Å². The maximum absolute atomic E-state index is 12.8. The minimum absolute atomic E-state index is 0.120. The van der Waals surface area contributed by atoms with Crippen molar-refractivity contribution >= 4 is 21.6 Å². The smallest absolute Gasteiger partial charge is 0.255 e. The average molecular weight is 419 g/mol. The van der Waals surface area contributed by atoms with Crippen LogP contribution in [0.25, 0.3) is 0 Å². The van der Waals surface area contributed by atoms with E-state index in [0.717, 1.165) is 5.56 Å². The van der Waals surface area contributed by atoms with Gasteiger partial charge in [-0.25, -0.2) is 8.42 Å². The van der Waals surface area contributed by atoms with E-state index in [4.69, 9.17) is 4.74 Å². The lowest BCUT2D eigenvalue weighted by atomic mass is 10.0. The molecule has 0 saturated carbocycles. The molecule has 0 aromatic heterocycles. The molecule has 0 aliphatic heterocycles. The molecule has 1 amide bonds. The summed E-state index contributed by atoms with van der Waals surface area (Å²) in [5.74, 6) is 0.482. The van der Waals surface area contributed by atoms with Gasteiger partial charge >= 0.3 is 0 Å². The van der Waals surface area contributed by atoms with Crippen molar-refractivity contribution in [2.75, 3.05) is 25.0 Å². The molecular formula is C22H30N2O4S. The fraction of sp³-hybridized carbons (Fsp3) is 0.409. The van der Waals surface area contributed by atoms with Crippen LogP contribution >= 0.6 is 0 Å². The van der Waals surface area contributed by atoms with Gasteiger partial charge in [0.15, 0.2) is 0 Å². The normalized spacial score (nSPS) is 11.7. The van der Waals surface area contributed by atoms with E-state index in [1.54, 1.807) is 32.0 Å². The number of amides is 1. The maximum atomic E-state index is 12.8. The number of ether oxygens (including phenoxy) is 1. The predicted molar refractivity (Wildman–Crippen MR) is 116 cm³/mol. The molecule has 158 valence electrons. The van der Waals surface area contributed by atoms with E-state index in [-0.39, 0.29) is 10.8 Å². The Morgan fingerprint density at radius 3 is 2.17 bits per heavy atom. The first-order valence-electron chi connectivity index (χ1n) is 9.92. The van der Waals surface area contributed by atoms with Gasteiger partial charge in [0.05, 0.1) is 17.2 Å². The number of nitrogens with one attached hydrogen (secondary N) is 1. The summed E-state index contributed by atoms with van der Waals surface area (Å²) in [6, 6.07) is 11.9. The van der Waals surface area contributed by atoms with Crippen LogP contribution in [-0.4, -0.2) is 38.3 Å². The van der Waals surface area contributed by atoms with Gasteiger partial charge in [-0.3, -0.25) is 4.79 Å². The molecule has 0 bridgehead atoms. The standard InChI is InChI=1S/C22H30N2O4S/c1-6-24(7-2)29(26,27)19-13-14-21(28-8-3)20(15-19)23-22(25)18-11-9-17(10-12-18)16(4)5/h9-16H,6-8H2,1-5H3,(H,23,25). The predicted octanol–water partition coefficient (Wildman–Crippen LogP) is 4.49. The van der Waals surface area contributed by atoms with Crippen LogP contribution in [0.5, 0.6) is 5.75 Å². The van der Waals surface area contributed by atoms with Crippen LogP contribution in [0, 0.1) is 0 Å². The largest absolute Gasteiger partial charge is 0.492 e. The van der Waals surface area contributed by atoms with Crippen molar-refractivity contribution in [1.82, 2.24) is 4.31 Å². The van der Waals surface area contributed by atoms with E-state index in [0.29, 0.717) is 42.6 Å². The highest BCUT2D eigenvalue weighted by atomic mass is 32.2. The van der Waals surface area contributed by atoms with Gasteiger partial charge in [-0.05, 0) is 48.7 Å². The molecule has 2 aromatic rings. The summed E-state index contributed by atoms with van der Waals surface area (Å²) in [4.78, 5) is 12.9. The van der Waals surface area contributed by atoms with Gasteiger partial charge in [-0.15, -0.1) is 0 Å². The highest BCUT2D eigenvalue weighted by Gasteiger charge is 2.23. The van der Waals surface area contributed by atoms with Gasteiger partial charge in [0.25, 0.3) is 5.91 Å². The Balaban J connectivity index is 2.38. The van der Waals surface area contributed by atoms with E-state index in [2.05, 4.69) is 19.2 Å². The minimum atomic E-state index is -3.64. The third-order valence-electron chi connectivity index (χ3n) is 4.68. The lowest BCUT2D eigenvalue weighted by Crippen LogP contribution is -2.30. The molecule has 0 aliphatic rings. The second kappa shape index (κ2) is 9.89. The van der Waals surface area contributed by atoms with Crippen molar-refractivity contribution in [1.29, 1.82) is 0 Å². The zero-order valence-corrected chi connectivity index (χ0v) is 18.5. The third-order valence-corrected chi connectivity index (χ3v) is 6.73. The first kappa shape index (κ1) is 22.9. The lowest BCUT2D eigenvalue weighted by molar-refractivity contribution is 0.102. The zero-order valence-electron chi connectivity index (χ0n) is 17.7. The number of rotatable bonds is 9. The number of carbonyl (C=O) groups excluding carboxylic acids is 1. The fourth-order valence-electron chi connectivity index (χ4n) is 2.98. The van der Waals surface area contributed by atoms with Crippen LogP contribution in [0.2, 0.25) is 0 Å². The Morgan fingerprint density at radius 2 is 1.66 bits per heavy atom. The highest BCUT2D eigenvalue weighted by molar-refractivity contribution is 7.89. The lowest BCUT2D eigenvalue weighted by Gasteiger charge is -2.20. The number of hydrogen-bond acceptors (Lipinski definition) is 4. The van der Waals surface area contributed by atoms with Crippen molar-refractivity contribution < 1.29 is 17.9 Å². The second-order valence-electron chi connectivity index (χ2n) is 6.91. The van der Waals surface area contributed by atoms with Gasteiger partial charge in [-0.2, -0.15) is 4.31 Å².